The van der Waals surface area contributed by atoms with E-state index in [2.05, 4.69) is 20.5 Å². The average Bonchev–Trinajstić information content (AvgIpc) is 3.05. The van der Waals surface area contributed by atoms with Crippen LogP contribution in [0.5, 0.6) is 0 Å². The normalized spacial score (nSPS) is 14.3. The molecule has 2 aromatic rings. The molecule has 2 aromatic heterocycles. The molecule has 0 aromatic carbocycles. The Bertz CT molecular complexity index is 745. The SMILES string of the molecule is Cc1c(C(=O)Nc2nnc(C(C)C)s2)[nH]c2c1C(=O)CCC2. The third-order valence-corrected chi connectivity index (χ3v) is 4.96. The maximum atomic E-state index is 12.4. The summed E-state index contributed by atoms with van der Waals surface area (Å²) < 4.78 is 0. The van der Waals surface area contributed by atoms with E-state index in [0.717, 1.165) is 29.1 Å². The van der Waals surface area contributed by atoms with Gasteiger partial charge in [0, 0.05) is 23.6 Å². The number of rotatable bonds is 3. The predicted molar refractivity (Wildman–Crippen MR) is 84.7 cm³/mol. The number of Topliss-reactive ketones (excluding diaryl/α,β-unsaturated/α-hetero) is 1. The van der Waals surface area contributed by atoms with Crippen molar-refractivity contribution in [2.75, 3.05) is 5.32 Å². The van der Waals surface area contributed by atoms with E-state index < -0.39 is 0 Å². The number of hydrogen-bond donors (Lipinski definition) is 2. The number of aromatic amines is 1. The average molecular weight is 318 g/mol. The van der Waals surface area contributed by atoms with Gasteiger partial charge in [-0.25, -0.2) is 0 Å². The monoisotopic (exact) mass is 318 g/mol. The van der Waals surface area contributed by atoms with E-state index in [9.17, 15) is 9.59 Å². The second kappa shape index (κ2) is 5.64. The summed E-state index contributed by atoms with van der Waals surface area (Å²) in [6.45, 7) is 5.87. The number of fused-ring (bicyclic) bond motifs is 1. The summed E-state index contributed by atoms with van der Waals surface area (Å²) in [6, 6.07) is 0. The minimum Gasteiger partial charge on any atom is -0.354 e. The topological polar surface area (TPSA) is 87.7 Å². The van der Waals surface area contributed by atoms with Crippen molar-refractivity contribution in [2.45, 2.75) is 46.0 Å². The molecule has 2 N–H and O–H groups in total. The Hall–Kier alpha value is -2.02. The molecule has 1 aliphatic carbocycles. The number of carbonyl (C=O) groups excluding carboxylic acids is 2. The van der Waals surface area contributed by atoms with Crippen LogP contribution in [0.3, 0.4) is 0 Å². The van der Waals surface area contributed by atoms with Gasteiger partial charge in [-0.15, -0.1) is 10.2 Å². The number of aromatic nitrogens is 3. The highest BCUT2D eigenvalue weighted by Gasteiger charge is 2.26. The van der Waals surface area contributed by atoms with Crippen molar-refractivity contribution < 1.29 is 9.59 Å². The molecule has 0 aliphatic heterocycles. The third kappa shape index (κ3) is 2.56. The standard InChI is InChI=1S/C15H18N4O2S/c1-7(2)14-18-19-15(22-14)17-13(21)12-8(3)11-9(16-12)5-4-6-10(11)20/h7,16H,4-6H2,1-3H3,(H,17,19,21). The number of anilines is 1. The first-order valence-corrected chi connectivity index (χ1v) is 8.18. The van der Waals surface area contributed by atoms with Gasteiger partial charge in [0.05, 0.1) is 0 Å². The summed E-state index contributed by atoms with van der Waals surface area (Å²) in [7, 11) is 0. The van der Waals surface area contributed by atoms with Gasteiger partial charge < -0.3 is 4.98 Å². The van der Waals surface area contributed by atoms with Crippen LogP contribution in [0.4, 0.5) is 5.13 Å². The Morgan fingerprint density at radius 1 is 1.32 bits per heavy atom. The summed E-state index contributed by atoms with van der Waals surface area (Å²) in [5, 5.41) is 12.2. The fourth-order valence-corrected chi connectivity index (χ4v) is 3.42. The van der Waals surface area contributed by atoms with E-state index in [1.807, 2.05) is 20.8 Å². The van der Waals surface area contributed by atoms with E-state index >= 15 is 0 Å². The first-order chi connectivity index (χ1) is 10.5. The van der Waals surface area contributed by atoms with E-state index in [0.29, 0.717) is 22.8 Å². The predicted octanol–water partition coefficient (Wildman–Crippen LogP) is 3.07. The minimum atomic E-state index is -0.272. The molecule has 116 valence electrons. The summed E-state index contributed by atoms with van der Waals surface area (Å²) >= 11 is 1.37. The zero-order chi connectivity index (χ0) is 15.9. The van der Waals surface area contributed by atoms with Gasteiger partial charge >= 0.3 is 0 Å². The lowest BCUT2D eigenvalue weighted by Gasteiger charge is -2.09. The molecule has 7 heteroatoms. The van der Waals surface area contributed by atoms with Crippen molar-refractivity contribution in [3.05, 3.63) is 27.5 Å². The zero-order valence-electron chi connectivity index (χ0n) is 12.8. The van der Waals surface area contributed by atoms with Gasteiger partial charge in [-0.1, -0.05) is 25.2 Å². The highest BCUT2D eigenvalue weighted by atomic mass is 32.1. The van der Waals surface area contributed by atoms with Crippen LogP contribution in [0.15, 0.2) is 0 Å². The number of nitrogens with zero attached hydrogens (tertiary/aromatic N) is 2. The van der Waals surface area contributed by atoms with Crippen molar-refractivity contribution in [1.29, 1.82) is 0 Å². The number of ketones is 1. The fourth-order valence-electron chi connectivity index (χ4n) is 2.68. The van der Waals surface area contributed by atoms with Crippen molar-refractivity contribution in [3.8, 4) is 0 Å². The van der Waals surface area contributed by atoms with E-state index in [1.165, 1.54) is 11.3 Å². The summed E-state index contributed by atoms with van der Waals surface area (Å²) in [4.78, 5) is 27.5. The molecular weight excluding hydrogens is 300 g/mol. The van der Waals surface area contributed by atoms with Gasteiger partial charge in [-0.05, 0) is 25.3 Å². The lowest BCUT2D eigenvalue weighted by molar-refractivity contribution is 0.0971. The molecule has 6 nitrogen and oxygen atoms in total. The molecule has 0 fully saturated rings. The molecular formula is C15H18N4O2S. The number of H-pyrrole nitrogens is 1. The van der Waals surface area contributed by atoms with Crippen LogP contribution >= 0.6 is 11.3 Å². The second-order valence-corrected chi connectivity index (χ2v) is 6.82. The van der Waals surface area contributed by atoms with E-state index in [-0.39, 0.29) is 17.6 Å². The molecule has 0 atom stereocenters. The lowest BCUT2D eigenvalue weighted by atomic mass is 9.94. The third-order valence-electron chi connectivity index (χ3n) is 3.82. The first kappa shape index (κ1) is 14.9. The van der Waals surface area contributed by atoms with Crippen LogP contribution in [-0.4, -0.2) is 26.9 Å². The van der Waals surface area contributed by atoms with Gasteiger partial charge in [-0.3, -0.25) is 14.9 Å². The van der Waals surface area contributed by atoms with Crippen LogP contribution in [-0.2, 0) is 6.42 Å². The summed E-state index contributed by atoms with van der Waals surface area (Å²) in [5.41, 5.74) is 2.74. The van der Waals surface area contributed by atoms with Crippen LogP contribution in [0, 0.1) is 6.92 Å². The lowest BCUT2D eigenvalue weighted by Crippen LogP contribution is -2.13. The van der Waals surface area contributed by atoms with Gasteiger partial charge in [0.1, 0.15) is 10.7 Å². The Balaban J connectivity index is 1.85. The molecule has 22 heavy (non-hydrogen) atoms. The van der Waals surface area contributed by atoms with Crippen molar-refractivity contribution in [3.63, 3.8) is 0 Å². The number of hydrogen-bond acceptors (Lipinski definition) is 5. The summed E-state index contributed by atoms with van der Waals surface area (Å²) in [5.74, 6) is 0.124. The molecule has 0 radical (unpaired) electrons. The maximum Gasteiger partial charge on any atom is 0.274 e. The molecule has 1 aliphatic rings. The molecule has 0 saturated carbocycles. The van der Waals surface area contributed by atoms with Crippen molar-refractivity contribution in [1.82, 2.24) is 15.2 Å². The Labute approximate surface area is 132 Å². The van der Waals surface area contributed by atoms with Crippen LogP contribution in [0.1, 0.15) is 69.7 Å². The fraction of sp³-hybridized carbons (Fsp3) is 0.467. The highest BCUT2D eigenvalue weighted by Crippen LogP contribution is 2.28. The molecule has 0 spiro atoms. The number of amides is 1. The van der Waals surface area contributed by atoms with Crippen LogP contribution in [0.25, 0.3) is 0 Å². The summed E-state index contributed by atoms with van der Waals surface area (Å²) in [6.07, 6.45) is 2.20. The zero-order valence-corrected chi connectivity index (χ0v) is 13.6. The van der Waals surface area contributed by atoms with Crippen LogP contribution < -0.4 is 5.32 Å². The van der Waals surface area contributed by atoms with Gasteiger partial charge in [0.25, 0.3) is 5.91 Å². The van der Waals surface area contributed by atoms with Gasteiger partial charge in [0.15, 0.2) is 5.78 Å². The number of nitrogens with one attached hydrogen (secondary N) is 2. The van der Waals surface area contributed by atoms with E-state index in [4.69, 9.17) is 0 Å². The number of aryl methyl sites for hydroxylation is 1. The van der Waals surface area contributed by atoms with Gasteiger partial charge in [0.2, 0.25) is 5.13 Å². The Kier molecular flexibility index (Phi) is 3.82. The first-order valence-electron chi connectivity index (χ1n) is 7.36. The molecule has 0 unspecified atom stereocenters. The molecule has 1 amide bonds. The largest absolute Gasteiger partial charge is 0.354 e. The number of carbonyl (C=O) groups is 2. The second-order valence-electron chi connectivity index (χ2n) is 5.81. The maximum absolute atomic E-state index is 12.4. The quantitative estimate of drug-likeness (QED) is 0.910. The molecule has 2 heterocycles. The highest BCUT2D eigenvalue weighted by molar-refractivity contribution is 7.15. The van der Waals surface area contributed by atoms with Crippen molar-refractivity contribution >= 4 is 28.2 Å². The van der Waals surface area contributed by atoms with Crippen LogP contribution in [0.2, 0.25) is 0 Å². The molecule has 0 saturated heterocycles. The smallest absolute Gasteiger partial charge is 0.274 e. The van der Waals surface area contributed by atoms with Crippen molar-refractivity contribution in [2.24, 2.45) is 0 Å². The van der Waals surface area contributed by atoms with Gasteiger partial charge in [-0.2, -0.15) is 0 Å². The Morgan fingerprint density at radius 3 is 2.73 bits per heavy atom. The Morgan fingerprint density at radius 2 is 2.09 bits per heavy atom. The molecule has 3 rings (SSSR count). The molecule has 0 bridgehead atoms. The van der Waals surface area contributed by atoms with E-state index in [1.54, 1.807) is 0 Å². The minimum absolute atomic E-state index is 0.118.